The molecule has 0 spiro atoms. The minimum atomic E-state index is 0.429. The zero-order chi connectivity index (χ0) is 14.5. The van der Waals surface area contributed by atoms with E-state index in [0.717, 1.165) is 6.54 Å². The molecule has 118 valence electrons. The first-order valence-corrected chi connectivity index (χ1v) is 9.79. The highest BCUT2D eigenvalue weighted by Crippen LogP contribution is 2.40. The second kappa shape index (κ2) is 7.26. The summed E-state index contributed by atoms with van der Waals surface area (Å²) in [7, 11) is 0. The van der Waals surface area contributed by atoms with Crippen LogP contribution < -0.4 is 5.32 Å². The van der Waals surface area contributed by atoms with Crippen molar-refractivity contribution in [2.24, 2.45) is 0 Å². The summed E-state index contributed by atoms with van der Waals surface area (Å²) in [5, 5.41) is 8.42. The maximum absolute atomic E-state index is 3.86. The van der Waals surface area contributed by atoms with Crippen LogP contribution in [-0.4, -0.2) is 36.1 Å². The van der Waals surface area contributed by atoms with Gasteiger partial charge in [-0.2, -0.15) is 11.3 Å². The minimum Gasteiger partial charge on any atom is -0.312 e. The Morgan fingerprint density at radius 2 is 1.95 bits per heavy atom. The number of likely N-dealkylation sites (N-methyl/N-ethyl adjacent to an activating group) is 1. The van der Waals surface area contributed by atoms with Crippen LogP contribution in [0.3, 0.4) is 0 Å². The average molecular weight is 307 g/mol. The molecule has 2 heterocycles. The highest BCUT2D eigenvalue weighted by Gasteiger charge is 2.45. The van der Waals surface area contributed by atoms with E-state index in [1.54, 1.807) is 0 Å². The summed E-state index contributed by atoms with van der Waals surface area (Å²) in [6.45, 7) is 6.00. The third-order valence-corrected chi connectivity index (χ3v) is 6.31. The fraction of sp³-hybridized carbons (Fsp3) is 0.778. The van der Waals surface area contributed by atoms with Crippen molar-refractivity contribution in [3.8, 4) is 0 Å². The van der Waals surface area contributed by atoms with Crippen molar-refractivity contribution < 1.29 is 0 Å². The predicted molar refractivity (Wildman–Crippen MR) is 92.1 cm³/mol. The molecular weight excluding hydrogens is 276 g/mol. The molecule has 1 saturated heterocycles. The average Bonchev–Trinajstić information content (AvgIpc) is 3.20. The molecule has 0 radical (unpaired) electrons. The number of piperidine rings is 1. The van der Waals surface area contributed by atoms with Crippen LogP contribution in [0.15, 0.2) is 16.8 Å². The molecular formula is C18H30N2S. The Kier molecular flexibility index (Phi) is 5.36. The molecule has 0 aromatic carbocycles. The second-order valence-corrected chi connectivity index (χ2v) is 7.58. The van der Waals surface area contributed by atoms with Crippen LogP contribution in [0, 0.1) is 0 Å². The molecule has 2 aliphatic rings. The fourth-order valence-corrected chi connectivity index (χ4v) is 5.24. The Morgan fingerprint density at radius 3 is 2.57 bits per heavy atom. The van der Waals surface area contributed by atoms with Crippen LogP contribution >= 0.6 is 11.3 Å². The number of hydrogen-bond acceptors (Lipinski definition) is 3. The zero-order valence-electron chi connectivity index (χ0n) is 13.4. The van der Waals surface area contributed by atoms with Crippen molar-refractivity contribution in [1.82, 2.24) is 10.2 Å². The summed E-state index contributed by atoms with van der Waals surface area (Å²) in [6, 6.07) is 2.94. The molecule has 1 aromatic rings. The van der Waals surface area contributed by atoms with E-state index in [0.29, 0.717) is 11.6 Å². The van der Waals surface area contributed by atoms with E-state index in [1.165, 1.54) is 70.0 Å². The Hall–Kier alpha value is -0.380. The number of rotatable bonds is 6. The lowest BCUT2D eigenvalue weighted by molar-refractivity contribution is 0.0371. The van der Waals surface area contributed by atoms with Crippen molar-refractivity contribution in [1.29, 1.82) is 0 Å². The Morgan fingerprint density at radius 1 is 1.19 bits per heavy atom. The van der Waals surface area contributed by atoms with Crippen LogP contribution in [0.25, 0.3) is 0 Å². The van der Waals surface area contributed by atoms with Crippen molar-refractivity contribution in [2.75, 3.05) is 19.6 Å². The largest absolute Gasteiger partial charge is 0.312 e. The quantitative estimate of drug-likeness (QED) is 0.852. The molecule has 3 rings (SSSR count). The lowest BCUT2D eigenvalue weighted by Crippen LogP contribution is -2.61. The van der Waals surface area contributed by atoms with Gasteiger partial charge in [0.15, 0.2) is 0 Å². The van der Waals surface area contributed by atoms with E-state index >= 15 is 0 Å². The second-order valence-electron chi connectivity index (χ2n) is 6.80. The van der Waals surface area contributed by atoms with Gasteiger partial charge in [0.2, 0.25) is 0 Å². The molecule has 2 fully saturated rings. The summed E-state index contributed by atoms with van der Waals surface area (Å²) >= 11 is 1.84. The van der Waals surface area contributed by atoms with Crippen LogP contribution in [0.2, 0.25) is 0 Å². The van der Waals surface area contributed by atoms with Crippen LogP contribution in [0.5, 0.6) is 0 Å². The van der Waals surface area contributed by atoms with Gasteiger partial charge in [-0.15, -0.1) is 0 Å². The van der Waals surface area contributed by atoms with E-state index in [9.17, 15) is 0 Å². The normalized spacial score (nSPS) is 24.2. The summed E-state index contributed by atoms with van der Waals surface area (Å²) in [4.78, 5) is 2.86. The third-order valence-electron chi connectivity index (χ3n) is 5.57. The van der Waals surface area contributed by atoms with Crippen molar-refractivity contribution in [2.45, 2.75) is 69.9 Å². The zero-order valence-corrected chi connectivity index (χ0v) is 14.3. The van der Waals surface area contributed by atoms with Crippen LogP contribution in [0.1, 0.15) is 57.4 Å². The lowest BCUT2D eigenvalue weighted by atomic mass is 9.81. The molecule has 1 unspecified atom stereocenters. The number of nitrogens with zero attached hydrogens (tertiary/aromatic N) is 1. The molecule has 1 aliphatic heterocycles. The van der Waals surface area contributed by atoms with Gasteiger partial charge in [-0.3, -0.25) is 4.90 Å². The molecule has 1 aromatic heterocycles. The van der Waals surface area contributed by atoms with Crippen molar-refractivity contribution in [3.05, 3.63) is 22.4 Å². The number of thiophene rings is 1. The van der Waals surface area contributed by atoms with Gasteiger partial charge in [0, 0.05) is 11.6 Å². The molecule has 1 atom stereocenters. The van der Waals surface area contributed by atoms with Gasteiger partial charge < -0.3 is 5.32 Å². The van der Waals surface area contributed by atoms with Gasteiger partial charge in [0.25, 0.3) is 0 Å². The van der Waals surface area contributed by atoms with Crippen LogP contribution in [0.4, 0.5) is 0 Å². The fourth-order valence-electron chi connectivity index (χ4n) is 4.55. The Balaban J connectivity index is 1.81. The van der Waals surface area contributed by atoms with E-state index in [-0.39, 0.29) is 0 Å². The summed E-state index contributed by atoms with van der Waals surface area (Å²) in [6.07, 6.45) is 11.1. The number of hydrogen-bond donors (Lipinski definition) is 1. The monoisotopic (exact) mass is 306 g/mol. The van der Waals surface area contributed by atoms with Crippen LogP contribution in [-0.2, 0) is 6.42 Å². The smallest absolute Gasteiger partial charge is 0.0365 e. The van der Waals surface area contributed by atoms with Gasteiger partial charge in [0.05, 0.1) is 0 Å². The molecule has 1 N–H and O–H groups in total. The molecule has 0 bridgehead atoms. The molecule has 2 nitrogen and oxygen atoms in total. The molecule has 1 aliphatic carbocycles. The SMILES string of the molecule is CCNC(Cc1ccsc1)C1(N2CCCCC2)CCCC1. The highest BCUT2D eigenvalue weighted by molar-refractivity contribution is 7.07. The van der Waals surface area contributed by atoms with E-state index < -0.39 is 0 Å². The van der Waals surface area contributed by atoms with Gasteiger partial charge in [-0.1, -0.05) is 26.2 Å². The minimum absolute atomic E-state index is 0.429. The number of likely N-dealkylation sites (tertiary alicyclic amines) is 1. The van der Waals surface area contributed by atoms with E-state index in [1.807, 2.05) is 11.3 Å². The highest BCUT2D eigenvalue weighted by atomic mass is 32.1. The summed E-state index contributed by atoms with van der Waals surface area (Å²) < 4.78 is 0. The molecule has 3 heteroatoms. The first-order chi connectivity index (χ1) is 10.3. The maximum Gasteiger partial charge on any atom is 0.0365 e. The Bertz CT molecular complexity index is 403. The molecule has 0 amide bonds. The van der Waals surface area contributed by atoms with Gasteiger partial charge in [0.1, 0.15) is 0 Å². The standard InChI is InChI=1S/C18H30N2S/c1-2-19-17(14-16-8-13-21-15-16)18(9-4-5-10-18)20-11-6-3-7-12-20/h8,13,15,17,19H,2-7,9-12,14H2,1H3. The van der Waals surface area contributed by atoms with Gasteiger partial charge >= 0.3 is 0 Å². The lowest BCUT2D eigenvalue weighted by Gasteiger charge is -2.49. The number of nitrogens with one attached hydrogen (secondary N) is 1. The predicted octanol–water partition coefficient (Wildman–Crippen LogP) is 4.07. The van der Waals surface area contributed by atoms with Crippen molar-refractivity contribution in [3.63, 3.8) is 0 Å². The topological polar surface area (TPSA) is 15.3 Å². The van der Waals surface area contributed by atoms with E-state index in [4.69, 9.17) is 0 Å². The first-order valence-electron chi connectivity index (χ1n) is 8.85. The molecule has 1 saturated carbocycles. The molecule has 21 heavy (non-hydrogen) atoms. The summed E-state index contributed by atoms with van der Waals surface area (Å²) in [5.41, 5.74) is 1.95. The first kappa shape index (κ1) is 15.5. The maximum atomic E-state index is 3.86. The van der Waals surface area contributed by atoms with Gasteiger partial charge in [-0.05, 0) is 74.1 Å². The summed E-state index contributed by atoms with van der Waals surface area (Å²) in [5.74, 6) is 0. The van der Waals surface area contributed by atoms with Gasteiger partial charge in [-0.25, -0.2) is 0 Å². The van der Waals surface area contributed by atoms with Crippen molar-refractivity contribution >= 4 is 11.3 Å². The Labute approximate surface area is 133 Å². The third kappa shape index (κ3) is 3.35. The van der Waals surface area contributed by atoms with E-state index in [2.05, 4.69) is 34.0 Å².